The van der Waals surface area contributed by atoms with E-state index in [9.17, 15) is 14.9 Å². The summed E-state index contributed by atoms with van der Waals surface area (Å²) < 4.78 is 0. The van der Waals surface area contributed by atoms with E-state index in [1.165, 1.54) is 12.1 Å². The van der Waals surface area contributed by atoms with Crippen LogP contribution < -0.4 is 10.6 Å². The lowest BCUT2D eigenvalue weighted by Crippen LogP contribution is -2.29. The van der Waals surface area contributed by atoms with E-state index in [0.717, 1.165) is 0 Å². The van der Waals surface area contributed by atoms with Crippen LogP contribution in [0, 0.1) is 10.1 Å². The molecule has 0 aliphatic rings. The van der Waals surface area contributed by atoms with Crippen molar-refractivity contribution in [1.29, 1.82) is 0 Å². The molecule has 1 amide bonds. The van der Waals surface area contributed by atoms with E-state index in [2.05, 4.69) is 10.6 Å². The summed E-state index contributed by atoms with van der Waals surface area (Å²) in [4.78, 5) is 21.4. The number of benzene rings is 1. The quantitative estimate of drug-likeness (QED) is 0.622. The Labute approximate surface area is 103 Å². The molecule has 17 heavy (non-hydrogen) atoms. The van der Waals surface area contributed by atoms with Gasteiger partial charge in [-0.15, -0.1) is 0 Å². The highest BCUT2D eigenvalue weighted by Gasteiger charge is 2.18. The fraction of sp³-hybridized carbons (Fsp3) is 0.300. The first-order valence-corrected chi connectivity index (χ1v) is 5.37. The number of hydrogen-bond acceptors (Lipinski definition) is 4. The minimum atomic E-state index is -0.581. The second kappa shape index (κ2) is 6.05. The number of halogens is 1. The van der Waals surface area contributed by atoms with Gasteiger partial charge in [-0.3, -0.25) is 14.9 Å². The molecule has 0 saturated heterocycles. The molecule has 1 rings (SSSR count). The highest BCUT2D eigenvalue weighted by molar-refractivity contribution is 6.33. The number of hydrogen-bond donors (Lipinski definition) is 2. The number of nitrogens with one attached hydrogen (secondary N) is 2. The minimum absolute atomic E-state index is 0.0327. The molecule has 0 fully saturated rings. The first-order chi connectivity index (χ1) is 8.06. The van der Waals surface area contributed by atoms with Crippen molar-refractivity contribution in [2.24, 2.45) is 0 Å². The van der Waals surface area contributed by atoms with Gasteiger partial charge in [-0.25, -0.2) is 0 Å². The Bertz CT molecular complexity index is 437. The van der Waals surface area contributed by atoms with Crippen molar-refractivity contribution in [3.8, 4) is 0 Å². The van der Waals surface area contributed by atoms with Gasteiger partial charge in [-0.05, 0) is 19.1 Å². The lowest BCUT2D eigenvalue weighted by Gasteiger charge is -2.07. The summed E-state index contributed by atoms with van der Waals surface area (Å²) in [5.74, 6) is -0.234. The molecule has 0 radical (unpaired) electrons. The van der Waals surface area contributed by atoms with Crippen LogP contribution in [0.4, 0.5) is 11.4 Å². The average molecular weight is 258 g/mol. The zero-order valence-electron chi connectivity index (χ0n) is 9.20. The molecule has 0 heterocycles. The molecule has 0 aromatic heterocycles. The molecule has 0 unspecified atom stereocenters. The zero-order chi connectivity index (χ0) is 12.8. The number of nitro groups is 1. The summed E-state index contributed by atoms with van der Waals surface area (Å²) in [6.07, 6.45) is 0. The maximum Gasteiger partial charge on any atom is 0.310 e. The average Bonchev–Trinajstić information content (AvgIpc) is 2.26. The number of anilines is 1. The third-order valence-corrected chi connectivity index (χ3v) is 2.29. The minimum Gasteiger partial charge on any atom is -0.371 e. The number of para-hydroxylation sites is 1. The summed E-state index contributed by atoms with van der Waals surface area (Å²) in [6.45, 7) is 2.27. The second-order valence-electron chi connectivity index (χ2n) is 3.20. The van der Waals surface area contributed by atoms with Gasteiger partial charge >= 0.3 is 5.69 Å². The number of amides is 1. The Morgan fingerprint density at radius 1 is 1.53 bits per heavy atom. The summed E-state index contributed by atoms with van der Waals surface area (Å²) in [5, 5.41) is 16.1. The van der Waals surface area contributed by atoms with Crippen LogP contribution in [0.15, 0.2) is 18.2 Å². The van der Waals surface area contributed by atoms with E-state index in [-0.39, 0.29) is 28.8 Å². The third kappa shape index (κ3) is 3.60. The molecule has 92 valence electrons. The van der Waals surface area contributed by atoms with Crippen LogP contribution in [0.1, 0.15) is 6.92 Å². The summed E-state index contributed by atoms with van der Waals surface area (Å²) in [7, 11) is 0. The van der Waals surface area contributed by atoms with E-state index in [1.54, 1.807) is 13.0 Å². The van der Waals surface area contributed by atoms with E-state index in [1.807, 2.05) is 0 Å². The van der Waals surface area contributed by atoms with Gasteiger partial charge in [0.2, 0.25) is 5.91 Å². The normalized spacial score (nSPS) is 9.76. The lowest BCUT2D eigenvalue weighted by atomic mass is 10.2. The monoisotopic (exact) mass is 257 g/mol. The Balaban J connectivity index is 2.81. The van der Waals surface area contributed by atoms with Gasteiger partial charge in [0.1, 0.15) is 10.7 Å². The Hall–Kier alpha value is -1.82. The van der Waals surface area contributed by atoms with Crippen LogP contribution in [0.5, 0.6) is 0 Å². The molecular weight excluding hydrogens is 246 g/mol. The number of nitro benzene ring substituents is 1. The van der Waals surface area contributed by atoms with Crippen LogP contribution in [0.2, 0.25) is 5.02 Å². The molecule has 0 aliphatic heterocycles. The number of rotatable bonds is 5. The lowest BCUT2D eigenvalue weighted by molar-refractivity contribution is -0.383. The molecule has 2 N–H and O–H groups in total. The van der Waals surface area contributed by atoms with Gasteiger partial charge in [0.25, 0.3) is 0 Å². The Morgan fingerprint density at radius 3 is 2.82 bits per heavy atom. The fourth-order valence-electron chi connectivity index (χ4n) is 1.28. The van der Waals surface area contributed by atoms with Gasteiger partial charge in [0, 0.05) is 6.54 Å². The van der Waals surface area contributed by atoms with Crippen molar-refractivity contribution in [1.82, 2.24) is 5.32 Å². The van der Waals surface area contributed by atoms with Crippen molar-refractivity contribution >= 4 is 28.9 Å². The number of nitrogens with zero attached hydrogens (tertiary/aromatic N) is 1. The molecule has 0 saturated carbocycles. The van der Waals surface area contributed by atoms with E-state index in [0.29, 0.717) is 6.54 Å². The summed E-state index contributed by atoms with van der Waals surface area (Å²) >= 11 is 5.72. The maximum atomic E-state index is 11.2. The van der Waals surface area contributed by atoms with Gasteiger partial charge in [0.15, 0.2) is 0 Å². The van der Waals surface area contributed by atoms with E-state index in [4.69, 9.17) is 11.6 Å². The summed E-state index contributed by atoms with van der Waals surface area (Å²) in [5.41, 5.74) is 0.00668. The number of likely N-dealkylation sites (N-methyl/N-ethyl adjacent to an activating group) is 1. The van der Waals surface area contributed by atoms with Crippen LogP contribution in [0.3, 0.4) is 0 Å². The van der Waals surface area contributed by atoms with Crippen molar-refractivity contribution in [2.45, 2.75) is 6.92 Å². The van der Waals surface area contributed by atoms with Crippen LogP contribution in [0.25, 0.3) is 0 Å². The van der Waals surface area contributed by atoms with Crippen LogP contribution in [-0.2, 0) is 4.79 Å². The van der Waals surface area contributed by atoms with Crippen molar-refractivity contribution in [3.05, 3.63) is 33.3 Å². The largest absolute Gasteiger partial charge is 0.371 e. The van der Waals surface area contributed by atoms with Gasteiger partial charge in [0.05, 0.1) is 11.5 Å². The smallest absolute Gasteiger partial charge is 0.310 e. The Kier molecular flexibility index (Phi) is 4.71. The molecule has 6 nitrogen and oxygen atoms in total. The Morgan fingerprint density at radius 2 is 2.24 bits per heavy atom. The predicted molar refractivity (Wildman–Crippen MR) is 65.3 cm³/mol. The molecule has 7 heteroatoms. The molecule has 0 bridgehead atoms. The maximum absolute atomic E-state index is 11.2. The molecule has 1 aromatic rings. The highest BCUT2D eigenvalue weighted by atomic mass is 35.5. The first kappa shape index (κ1) is 13.2. The first-order valence-electron chi connectivity index (χ1n) is 4.99. The van der Waals surface area contributed by atoms with Crippen molar-refractivity contribution in [2.75, 3.05) is 18.4 Å². The van der Waals surface area contributed by atoms with Crippen LogP contribution >= 0.6 is 11.6 Å². The third-order valence-electron chi connectivity index (χ3n) is 1.98. The van der Waals surface area contributed by atoms with Gasteiger partial charge in [-0.1, -0.05) is 17.7 Å². The van der Waals surface area contributed by atoms with Crippen molar-refractivity contribution < 1.29 is 9.72 Å². The van der Waals surface area contributed by atoms with Crippen LogP contribution in [-0.4, -0.2) is 23.9 Å². The predicted octanol–water partition coefficient (Wildman–Crippen LogP) is 1.80. The van der Waals surface area contributed by atoms with Gasteiger partial charge in [-0.2, -0.15) is 0 Å². The number of carbonyl (C=O) groups excluding carboxylic acids is 1. The molecule has 0 spiro atoms. The molecule has 0 atom stereocenters. The topological polar surface area (TPSA) is 84.3 Å². The van der Waals surface area contributed by atoms with E-state index >= 15 is 0 Å². The molecule has 0 aliphatic carbocycles. The van der Waals surface area contributed by atoms with Crippen molar-refractivity contribution in [3.63, 3.8) is 0 Å². The van der Waals surface area contributed by atoms with E-state index < -0.39 is 4.92 Å². The SMILES string of the molecule is CCNC(=O)CNc1cccc(Cl)c1[N+](=O)[O-]. The standard InChI is InChI=1S/C10H12ClN3O3/c1-2-12-9(15)6-13-8-5-3-4-7(11)10(8)14(16)17/h3-5,13H,2,6H2,1H3,(H,12,15). The molecular formula is C10H12ClN3O3. The van der Waals surface area contributed by atoms with Gasteiger partial charge < -0.3 is 10.6 Å². The second-order valence-corrected chi connectivity index (χ2v) is 3.61. The highest BCUT2D eigenvalue weighted by Crippen LogP contribution is 2.31. The number of carbonyl (C=O) groups is 1. The summed E-state index contributed by atoms with van der Waals surface area (Å²) in [6, 6.07) is 4.51. The molecule has 1 aromatic carbocycles. The zero-order valence-corrected chi connectivity index (χ0v) is 9.95. The fourth-order valence-corrected chi connectivity index (χ4v) is 1.52.